The number of aromatic nitrogens is 4. The van der Waals surface area contributed by atoms with Gasteiger partial charge in [-0.3, -0.25) is 14.5 Å². The first-order valence-corrected chi connectivity index (χ1v) is 10.8. The Morgan fingerprint density at radius 1 is 0.938 bits per heavy atom. The summed E-state index contributed by atoms with van der Waals surface area (Å²) in [4.78, 5) is 36.8. The van der Waals surface area contributed by atoms with E-state index in [2.05, 4.69) is 24.9 Å². The van der Waals surface area contributed by atoms with Crippen LogP contribution < -0.4 is 16.0 Å². The Bertz CT molecular complexity index is 1380. The second-order valence-corrected chi connectivity index (χ2v) is 8.07. The third-order valence-corrected chi connectivity index (χ3v) is 6.00. The molecule has 162 valence electrons. The molecule has 0 aliphatic carbocycles. The number of nitrogens with zero attached hydrogens (tertiary/aromatic N) is 5. The van der Waals surface area contributed by atoms with Gasteiger partial charge in [-0.25, -0.2) is 4.98 Å². The van der Waals surface area contributed by atoms with Crippen LogP contribution >= 0.6 is 11.6 Å². The van der Waals surface area contributed by atoms with Crippen molar-refractivity contribution in [1.29, 1.82) is 0 Å². The van der Waals surface area contributed by atoms with Gasteiger partial charge in [0.15, 0.2) is 0 Å². The molecule has 1 N–H and O–H groups in total. The summed E-state index contributed by atoms with van der Waals surface area (Å²) in [7, 11) is 0. The molecule has 2 aromatic carbocycles. The number of fused-ring (bicyclic) bond motifs is 1. The summed E-state index contributed by atoms with van der Waals surface area (Å²) in [5, 5.41) is 5.08. The molecular weight excluding hydrogens is 428 g/mol. The number of hydrogen-bond acceptors (Lipinski definition) is 6. The lowest BCUT2D eigenvalue weighted by atomic mass is 10.2. The minimum absolute atomic E-state index is 0.124. The Balaban J connectivity index is 1.29. The largest absolute Gasteiger partial charge is 0.366 e. The Kier molecular flexibility index (Phi) is 5.46. The highest BCUT2D eigenvalue weighted by Gasteiger charge is 2.22. The van der Waals surface area contributed by atoms with E-state index in [1.165, 1.54) is 4.68 Å². The average Bonchev–Trinajstić information content (AvgIpc) is 2.82. The van der Waals surface area contributed by atoms with E-state index in [1.807, 2.05) is 48.5 Å². The monoisotopic (exact) mass is 448 g/mol. The molecule has 0 bridgehead atoms. The third-order valence-electron chi connectivity index (χ3n) is 5.65. The summed E-state index contributed by atoms with van der Waals surface area (Å²) < 4.78 is 1.31. The Morgan fingerprint density at radius 2 is 1.66 bits per heavy atom. The Morgan fingerprint density at radius 3 is 2.44 bits per heavy atom. The summed E-state index contributed by atoms with van der Waals surface area (Å²) >= 11 is 6.44. The molecule has 1 saturated heterocycles. The van der Waals surface area contributed by atoms with Crippen LogP contribution in [0.25, 0.3) is 16.6 Å². The second kappa shape index (κ2) is 8.57. The van der Waals surface area contributed by atoms with Gasteiger partial charge in [0.2, 0.25) is 0 Å². The van der Waals surface area contributed by atoms with E-state index in [-0.39, 0.29) is 16.1 Å². The lowest BCUT2D eigenvalue weighted by Gasteiger charge is -2.35. The molecule has 0 amide bonds. The lowest BCUT2D eigenvalue weighted by molar-refractivity contribution is 0.244. The van der Waals surface area contributed by atoms with Crippen LogP contribution in [0.15, 0.2) is 70.4 Å². The van der Waals surface area contributed by atoms with Crippen LogP contribution in [0.5, 0.6) is 0 Å². The van der Waals surface area contributed by atoms with Crippen LogP contribution in [-0.2, 0) is 6.54 Å². The van der Waals surface area contributed by atoms with E-state index < -0.39 is 0 Å². The number of nitrogens with one attached hydrogen (secondary N) is 1. The van der Waals surface area contributed by atoms with Gasteiger partial charge in [0.05, 0.1) is 35.0 Å². The molecule has 1 aliphatic heterocycles. The van der Waals surface area contributed by atoms with Crippen molar-refractivity contribution in [2.75, 3.05) is 31.1 Å². The number of piperazine rings is 1. The molecule has 0 radical (unpaired) electrons. The van der Waals surface area contributed by atoms with Crippen LogP contribution in [0.2, 0.25) is 5.02 Å². The van der Waals surface area contributed by atoms with Crippen LogP contribution in [0.3, 0.4) is 0 Å². The normalized spacial score (nSPS) is 14.7. The molecule has 1 aliphatic rings. The number of halogens is 1. The van der Waals surface area contributed by atoms with Crippen molar-refractivity contribution >= 4 is 28.2 Å². The third kappa shape index (κ3) is 3.90. The van der Waals surface area contributed by atoms with Crippen molar-refractivity contribution in [3.05, 3.63) is 92.3 Å². The van der Waals surface area contributed by atoms with E-state index >= 15 is 0 Å². The van der Waals surface area contributed by atoms with Crippen molar-refractivity contribution < 1.29 is 0 Å². The molecule has 9 heteroatoms. The topological polar surface area (TPSA) is 87.1 Å². The Labute approximate surface area is 188 Å². The first-order chi connectivity index (χ1) is 15.6. The fourth-order valence-corrected chi connectivity index (χ4v) is 4.21. The quantitative estimate of drug-likeness (QED) is 0.516. The average molecular weight is 449 g/mol. The predicted octanol–water partition coefficient (Wildman–Crippen LogP) is 2.44. The van der Waals surface area contributed by atoms with Gasteiger partial charge in [-0.15, -0.1) is 0 Å². The van der Waals surface area contributed by atoms with Gasteiger partial charge in [-0.1, -0.05) is 41.9 Å². The standard InChI is InChI=1S/C23H21ClN6O2/c24-21-19(14-25-30(23(21)32)16-6-2-1-3-7-16)29-12-10-28(11-13-29)15-20-26-18-9-5-4-8-17(18)22(31)27-20/h1-9,14H,10-13,15H2,(H,26,27,31). The first kappa shape index (κ1) is 20.4. The maximum atomic E-state index is 12.8. The molecule has 0 spiro atoms. The van der Waals surface area contributed by atoms with Crippen molar-refractivity contribution in [3.8, 4) is 5.69 Å². The fourth-order valence-electron chi connectivity index (χ4n) is 3.97. The van der Waals surface area contributed by atoms with E-state index in [4.69, 9.17) is 11.6 Å². The molecule has 32 heavy (non-hydrogen) atoms. The van der Waals surface area contributed by atoms with Crippen molar-refractivity contribution in [1.82, 2.24) is 24.6 Å². The molecule has 0 unspecified atom stereocenters. The molecular formula is C23H21ClN6O2. The number of para-hydroxylation sites is 2. The SMILES string of the molecule is O=c1[nH]c(CN2CCN(c3cnn(-c4ccccc4)c(=O)c3Cl)CC2)nc2ccccc12. The zero-order valence-electron chi connectivity index (χ0n) is 17.2. The molecule has 0 atom stereocenters. The summed E-state index contributed by atoms with van der Waals surface area (Å²) in [5.41, 5.74) is 1.55. The number of aromatic amines is 1. The van der Waals surface area contributed by atoms with Crippen molar-refractivity contribution in [3.63, 3.8) is 0 Å². The lowest BCUT2D eigenvalue weighted by Crippen LogP contribution is -2.47. The predicted molar refractivity (Wildman–Crippen MR) is 125 cm³/mol. The van der Waals surface area contributed by atoms with Crippen molar-refractivity contribution in [2.45, 2.75) is 6.54 Å². The maximum absolute atomic E-state index is 12.8. The van der Waals surface area contributed by atoms with E-state index in [0.717, 1.165) is 13.1 Å². The van der Waals surface area contributed by atoms with Gasteiger partial charge in [0.25, 0.3) is 11.1 Å². The number of anilines is 1. The highest BCUT2D eigenvalue weighted by atomic mass is 35.5. The van der Waals surface area contributed by atoms with E-state index in [1.54, 1.807) is 12.3 Å². The minimum atomic E-state index is -0.337. The molecule has 2 aromatic heterocycles. The molecule has 3 heterocycles. The van der Waals surface area contributed by atoms with Crippen LogP contribution in [0.1, 0.15) is 5.82 Å². The van der Waals surface area contributed by atoms with Crippen LogP contribution in [0.4, 0.5) is 5.69 Å². The molecule has 5 rings (SSSR count). The van der Waals surface area contributed by atoms with Gasteiger partial charge in [0, 0.05) is 26.2 Å². The zero-order chi connectivity index (χ0) is 22.1. The van der Waals surface area contributed by atoms with Gasteiger partial charge >= 0.3 is 0 Å². The highest BCUT2D eigenvalue weighted by molar-refractivity contribution is 6.33. The smallest absolute Gasteiger partial charge is 0.292 e. The number of hydrogen-bond donors (Lipinski definition) is 1. The number of benzene rings is 2. The summed E-state index contributed by atoms with van der Waals surface area (Å²) in [5.74, 6) is 0.646. The van der Waals surface area contributed by atoms with Gasteiger partial charge < -0.3 is 9.88 Å². The van der Waals surface area contributed by atoms with Gasteiger partial charge in [-0.2, -0.15) is 9.78 Å². The van der Waals surface area contributed by atoms with E-state index in [0.29, 0.717) is 47.7 Å². The molecule has 4 aromatic rings. The first-order valence-electron chi connectivity index (χ1n) is 10.4. The maximum Gasteiger partial charge on any atom is 0.292 e. The number of rotatable bonds is 4. The van der Waals surface area contributed by atoms with Crippen molar-refractivity contribution in [2.24, 2.45) is 0 Å². The fraction of sp³-hybridized carbons (Fsp3) is 0.217. The minimum Gasteiger partial charge on any atom is -0.366 e. The van der Waals surface area contributed by atoms with Crippen LogP contribution in [0, 0.1) is 0 Å². The zero-order valence-corrected chi connectivity index (χ0v) is 18.0. The molecule has 0 saturated carbocycles. The summed E-state index contributed by atoms with van der Waals surface area (Å²) in [6.45, 7) is 3.42. The second-order valence-electron chi connectivity index (χ2n) is 7.69. The summed E-state index contributed by atoms with van der Waals surface area (Å²) in [6, 6.07) is 16.5. The van der Waals surface area contributed by atoms with Gasteiger partial charge in [-0.05, 0) is 24.3 Å². The van der Waals surface area contributed by atoms with E-state index in [9.17, 15) is 9.59 Å². The Hall–Kier alpha value is -3.49. The molecule has 1 fully saturated rings. The van der Waals surface area contributed by atoms with Crippen LogP contribution in [-0.4, -0.2) is 50.8 Å². The van der Waals surface area contributed by atoms with Gasteiger partial charge in [0.1, 0.15) is 10.8 Å². The summed E-state index contributed by atoms with van der Waals surface area (Å²) in [6.07, 6.45) is 1.65. The number of H-pyrrole nitrogens is 1. The molecule has 8 nitrogen and oxygen atoms in total. The highest BCUT2D eigenvalue weighted by Crippen LogP contribution is 2.23.